The molecule has 7 nitrogen and oxygen atoms in total. The van der Waals surface area contributed by atoms with E-state index < -0.39 is 29.8 Å². The molecule has 2 rings (SSSR count). The molecule has 2 aromatic carbocycles. The summed E-state index contributed by atoms with van der Waals surface area (Å²) < 4.78 is 10.7. The van der Waals surface area contributed by atoms with Crippen LogP contribution in [0.25, 0.3) is 0 Å². The number of hydrogen-bond acceptors (Lipinski definition) is 5. The van der Waals surface area contributed by atoms with Gasteiger partial charge in [-0.2, -0.15) is 0 Å². The van der Waals surface area contributed by atoms with Gasteiger partial charge in [-0.25, -0.2) is 9.59 Å². The van der Waals surface area contributed by atoms with E-state index in [1.165, 1.54) is 0 Å². The second kappa shape index (κ2) is 10.6. The van der Waals surface area contributed by atoms with Gasteiger partial charge in [0.2, 0.25) is 0 Å². The number of carbonyl (C=O) groups excluding carboxylic acids is 2. The molecule has 0 fully saturated rings. The molecule has 0 aromatic heterocycles. The Morgan fingerprint density at radius 3 is 2.13 bits per heavy atom. The van der Waals surface area contributed by atoms with E-state index in [0.717, 1.165) is 5.56 Å². The number of rotatable bonds is 9. The summed E-state index contributed by atoms with van der Waals surface area (Å²) in [5.74, 6) is -0.982. The van der Waals surface area contributed by atoms with Gasteiger partial charge in [0, 0.05) is 12.0 Å². The van der Waals surface area contributed by atoms with Crippen LogP contribution in [0, 0.1) is 0 Å². The largest absolute Gasteiger partial charge is 0.479 e. The van der Waals surface area contributed by atoms with Crippen LogP contribution in [-0.2, 0) is 16.0 Å². The fourth-order valence-electron chi connectivity index (χ4n) is 2.88. The number of carboxylic acid groups (broad SMARTS) is 1. The number of Topliss-reactive ketones (excluding diaryl/α,β-unsaturated/α-hetero) is 1. The van der Waals surface area contributed by atoms with Gasteiger partial charge in [-0.05, 0) is 57.0 Å². The van der Waals surface area contributed by atoms with Gasteiger partial charge >= 0.3 is 12.1 Å². The number of nitrogens with one attached hydrogen (secondary N) is 1. The van der Waals surface area contributed by atoms with Gasteiger partial charge in [-0.15, -0.1) is 0 Å². The number of ether oxygens (including phenoxy) is 2. The van der Waals surface area contributed by atoms with Crippen LogP contribution in [0.2, 0.25) is 0 Å². The number of aliphatic carboxylic acids is 1. The molecule has 0 spiro atoms. The molecule has 0 radical (unpaired) electrons. The molecule has 2 aromatic rings. The maximum absolute atomic E-state index is 13.1. The smallest absolute Gasteiger partial charge is 0.408 e. The molecule has 2 N–H and O–H groups in total. The Labute approximate surface area is 182 Å². The molecule has 31 heavy (non-hydrogen) atoms. The second-order valence-corrected chi connectivity index (χ2v) is 8.13. The second-order valence-electron chi connectivity index (χ2n) is 8.13. The molecule has 0 bridgehead atoms. The average Bonchev–Trinajstić information content (AvgIpc) is 2.70. The normalized spacial score (nSPS) is 13.0. The summed E-state index contributed by atoms with van der Waals surface area (Å²) in [5, 5.41) is 11.8. The molecule has 0 aliphatic heterocycles. The van der Waals surface area contributed by atoms with E-state index in [9.17, 15) is 14.4 Å². The Hall–Kier alpha value is -3.35. The lowest BCUT2D eigenvalue weighted by Gasteiger charge is -2.23. The predicted molar refractivity (Wildman–Crippen MR) is 116 cm³/mol. The highest BCUT2D eigenvalue weighted by Crippen LogP contribution is 2.18. The van der Waals surface area contributed by atoms with Crippen LogP contribution in [0.1, 0.15) is 50.0 Å². The van der Waals surface area contributed by atoms with Crippen molar-refractivity contribution in [3.05, 3.63) is 65.7 Å². The van der Waals surface area contributed by atoms with Crippen molar-refractivity contribution < 1.29 is 29.0 Å². The maximum atomic E-state index is 13.1. The van der Waals surface area contributed by atoms with E-state index in [-0.39, 0.29) is 5.78 Å². The summed E-state index contributed by atoms with van der Waals surface area (Å²) in [6.07, 6.45) is -1.02. The van der Waals surface area contributed by atoms with E-state index in [0.29, 0.717) is 24.2 Å². The summed E-state index contributed by atoms with van der Waals surface area (Å²) in [6.45, 7) is 6.97. The number of ketones is 1. The van der Waals surface area contributed by atoms with Crippen LogP contribution in [0.5, 0.6) is 5.75 Å². The molecule has 0 saturated heterocycles. The fraction of sp³-hybridized carbons (Fsp3) is 0.375. The Balaban J connectivity index is 2.19. The molecule has 2 atom stereocenters. The summed E-state index contributed by atoms with van der Waals surface area (Å²) in [7, 11) is 0. The van der Waals surface area contributed by atoms with Crippen LogP contribution in [-0.4, -0.2) is 40.7 Å². The van der Waals surface area contributed by atoms with Gasteiger partial charge in [-0.1, -0.05) is 37.3 Å². The first kappa shape index (κ1) is 23.9. The number of carbonyl (C=O) groups is 3. The van der Waals surface area contributed by atoms with E-state index in [4.69, 9.17) is 14.6 Å². The zero-order valence-corrected chi connectivity index (χ0v) is 18.3. The van der Waals surface area contributed by atoms with Crippen molar-refractivity contribution in [2.24, 2.45) is 0 Å². The third-order valence-electron chi connectivity index (χ3n) is 4.35. The third kappa shape index (κ3) is 7.77. The summed E-state index contributed by atoms with van der Waals surface area (Å²) in [4.78, 5) is 36.6. The lowest BCUT2D eigenvalue weighted by atomic mass is 9.97. The predicted octanol–water partition coefficient (Wildman–Crippen LogP) is 4.25. The van der Waals surface area contributed by atoms with E-state index in [2.05, 4.69) is 5.32 Å². The van der Waals surface area contributed by atoms with Crippen LogP contribution >= 0.6 is 0 Å². The first-order valence-corrected chi connectivity index (χ1v) is 10.2. The molecule has 0 aliphatic rings. The van der Waals surface area contributed by atoms with Crippen LogP contribution in [0.4, 0.5) is 4.79 Å². The number of benzene rings is 2. The number of alkyl carbamates (subject to hydrolysis) is 1. The van der Waals surface area contributed by atoms with E-state index in [1.807, 2.05) is 30.3 Å². The number of carboxylic acids is 1. The highest BCUT2D eigenvalue weighted by Gasteiger charge is 2.26. The molecular formula is C24H29NO6. The Kier molecular flexibility index (Phi) is 8.19. The van der Waals surface area contributed by atoms with Gasteiger partial charge < -0.3 is 19.9 Å². The van der Waals surface area contributed by atoms with Gasteiger partial charge in [0.1, 0.15) is 11.4 Å². The highest BCUT2D eigenvalue weighted by atomic mass is 16.6. The van der Waals surface area contributed by atoms with E-state index >= 15 is 0 Å². The average molecular weight is 427 g/mol. The third-order valence-corrected chi connectivity index (χ3v) is 4.35. The van der Waals surface area contributed by atoms with Crippen molar-refractivity contribution in [3.63, 3.8) is 0 Å². The molecule has 2 unspecified atom stereocenters. The summed E-state index contributed by atoms with van der Waals surface area (Å²) >= 11 is 0. The van der Waals surface area contributed by atoms with Gasteiger partial charge in [-0.3, -0.25) is 4.79 Å². The standard InChI is InChI=1S/C24H29NO6/c1-5-20(22(27)28)30-18-13-11-17(12-14-18)21(26)19(15-16-9-7-6-8-10-16)25-23(29)31-24(2,3)4/h6-14,19-20H,5,15H2,1-4H3,(H,25,29)(H,27,28). The highest BCUT2D eigenvalue weighted by molar-refractivity contribution is 6.01. The van der Waals surface area contributed by atoms with Gasteiger partial charge in [0.15, 0.2) is 11.9 Å². The van der Waals surface area contributed by atoms with Crippen LogP contribution in [0.3, 0.4) is 0 Å². The molecule has 7 heteroatoms. The van der Waals surface area contributed by atoms with Crippen molar-refractivity contribution in [2.75, 3.05) is 0 Å². The van der Waals surface area contributed by atoms with Gasteiger partial charge in [0.25, 0.3) is 0 Å². The quantitative estimate of drug-likeness (QED) is 0.580. The van der Waals surface area contributed by atoms with Crippen molar-refractivity contribution in [1.29, 1.82) is 0 Å². The van der Waals surface area contributed by atoms with Crippen LogP contribution in [0.15, 0.2) is 54.6 Å². The monoisotopic (exact) mass is 427 g/mol. The zero-order valence-electron chi connectivity index (χ0n) is 18.3. The zero-order chi connectivity index (χ0) is 23.0. The molecular weight excluding hydrogens is 398 g/mol. The fourth-order valence-corrected chi connectivity index (χ4v) is 2.88. The number of hydrogen-bond donors (Lipinski definition) is 2. The van der Waals surface area contributed by atoms with Crippen molar-refractivity contribution in [1.82, 2.24) is 5.32 Å². The topological polar surface area (TPSA) is 102 Å². The Morgan fingerprint density at radius 1 is 1.00 bits per heavy atom. The summed E-state index contributed by atoms with van der Waals surface area (Å²) in [6, 6.07) is 14.7. The van der Waals surface area contributed by atoms with Crippen molar-refractivity contribution in [2.45, 2.75) is 58.3 Å². The first-order valence-electron chi connectivity index (χ1n) is 10.2. The SMILES string of the molecule is CCC(Oc1ccc(C(=O)C(Cc2ccccc2)NC(=O)OC(C)(C)C)cc1)C(=O)O. The first-order chi connectivity index (χ1) is 14.6. The minimum Gasteiger partial charge on any atom is -0.479 e. The molecule has 0 heterocycles. The molecule has 1 amide bonds. The van der Waals surface area contributed by atoms with Gasteiger partial charge in [0.05, 0.1) is 6.04 Å². The Bertz CT molecular complexity index is 887. The minimum absolute atomic E-state index is 0.286. The molecule has 0 aliphatic carbocycles. The molecule has 0 saturated carbocycles. The maximum Gasteiger partial charge on any atom is 0.408 e. The van der Waals surface area contributed by atoms with Crippen LogP contribution < -0.4 is 10.1 Å². The lowest BCUT2D eigenvalue weighted by Crippen LogP contribution is -2.44. The van der Waals surface area contributed by atoms with E-state index in [1.54, 1.807) is 52.0 Å². The minimum atomic E-state index is -1.05. The number of amides is 1. The lowest BCUT2D eigenvalue weighted by molar-refractivity contribution is -0.145. The summed E-state index contributed by atoms with van der Waals surface area (Å²) in [5.41, 5.74) is 0.570. The Morgan fingerprint density at radius 2 is 1.61 bits per heavy atom. The van der Waals surface area contributed by atoms with Crippen molar-refractivity contribution in [3.8, 4) is 5.75 Å². The molecule has 166 valence electrons. The van der Waals surface area contributed by atoms with Crippen molar-refractivity contribution >= 4 is 17.8 Å².